The van der Waals surface area contributed by atoms with Crippen LogP contribution in [0, 0.1) is 0 Å². The van der Waals surface area contributed by atoms with Crippen LogP contribution in [0.5, 0.6) is 0 Å². The summed E-state index contributed by atoms with van der Waals surface area (Å²) in [5.74, 6) is -3.38. The summed E-state index contributed by atoms with van der Waals surface area (Å²) in [6.45, 7) is -1.56. The molecule has 0 atom stereocenters. The lowest BCUT2D eigenvalue weighted by Gasteiger charge is -2.38. The highest BCUT2D eigenvalue weighted by atomic mass is 35.5. The van der Waals surface area contributed by atoms with Crippen molar-refractivity contribution in [2.45, 2.75) is 12.5 Å². The Morgan fingerprint density at radius 1 is 1.19 bits per heavy atom. The Morgan fingerprint density at radius 3 is 2.54 bits per heavy atom. The van der Waals surface area contributed by atoms with Crippen LogP contribution in [0.4, 0.5) is 8.78 Å². The molecule has 134 valence electrons. The Hall–Kier alpha value is -2.74. The summed E-state index contributed by atoms with van der Waals surface area (Å²) in [4.78, 5) is 30.1. The van der Waals surface area contributed by atoms with Crippen molar-refractivity contribution in [1.29, 1.82) is 0 Å². The van der Waals surface area contributed by atoms with Gasteiger partial charge in [0.25, 0.3) is 11.5 Å². The maximum atomic E-state index is 12.9. The van der Waals surface area contributed by atoms with Crippen molar-refractivity contribution in [3.05, 3.63) is 58.2 Å². The number of carbonyl (C=O) groups is 1. The monoisotopic (exact) mass is 378 g/mol. The molecule has 0 radical (unpaired) electrons. The quantitative estimate of drug-likeness (QED) is 0.702. The van der Waals surface area contributed by atoms with Crippen LogP contribution < -0.4 is 5.56 Å². The molecule has 1 aromatic carbocycles. The van der Waals surface area contributed by atoms with Crippen molar-refractivity contribution in [1.82, 2.24) is 19.0 Å². The van der Waals surface area contributed by atoms with Gasteiger partial charge in [-0.1, -0.05) is 11.6 Å². The topological polar surface area (TPSA) is 60.1 Å². The number of amides is 1. The van der Waals surface area contributed by atoms with Crippen LogP contribution in [0.15, 0.2) is 47.7 Å². The summed E-state index contributed by atoms with van der Waals surface area (Å²) in [6.07, 6.45) is 2.96. The molecule has 9 heteroatoms. The minimum atomic E-state index is -2.84. The van der Waals surface area contributed by atoms with Gasteiger partial charge in [-0.25, -0.2) is 13.8 Å². The smallest absolute Gasteiger partial charge is 0.282 e. The number of hydrogen-bond donors (Lipinski definition) is 0. The molecule has 1 amide bonds. The van der Waals surface area contributed by atoms with E-state index in [0.29, 0.717) is 16.1 Å². The standard InChI is InChI=1S/C17H13ClF2N4O2/c18-11-1-3-12(4-2-11)24-6-5-13-15(24)16(26)22(10-21-13)7-14(25)23-8-17(19,20)9-23/h1-6,10H,7-9H2. The van der Waals surface area contributed by atoms with Crippen molar-refractivity contribution < 1.29 is 13.6 Å². The molecule has 0 aliphatic carbocycles. The second-order valence-corrected chi connectivity index (χ2v) is 6.62. The predicted octanol–water partition coefficient (Wildman–Crippen LogP) is 2.32. The largest absolute Gasteiger partial charge is 0.329 e. The van der Waals surface area contributed by atoms with Crippen LogP contribution in [0.2, 0.25) is 5.02 Å². The molecular formula is C17H13ClF2N4O2. The number of benzene rings is 1. The van der Waals surface area contributed by atoms with Gasteiger partial charge in [-0.15, -0.1) is 0 Å². The normalized spacial score (nSPS) is 15.9. The minimum absolute atomic E-state index is 0.302. The maximum absolute atomic E-state index is 12.9. The van der Waals surface area contributed by atoms with E-state index in [1.54, 1.807) is 41.1 Å². The van der Waals surface area contributed by atoms with Crippen molar-refractivity contribution >= 4 is 28.5 Å². The Morgan fingerprint density at radius 2 is 1.88 bits per heavy atom. The highest BCUT2D eigenvalue weighted by Gasteiger charge is 2.46. The van der Waals surface area contributed by atoms with Crippen LogP contribution in [0.3, 0.4) is 0 Å². The Bertz CT molecular complexity index is 1050. The molecule has 0 bridgehead atoms. The summed E-state index contributed by atoms with van der Waals surface area (Å²) < 4.78 is 28.6. The second-order valence-electron chi connectivity index (χ2n) is 6.18. The van der Waals surface area contributed by atoms with Crippen molar-refractivity contribution in [2.24, 2.45) is 0 Å². The van der Waals surface area contributed by atoms with E-state index < -0.39 is 30.5 Å². The molecule has 1 aliphatic rings. The molecular weight excluding hydrogens is 366 g/mol. The van der Waals surface area contributed by atoms with E-state index in [1.165, 1.54) is 6.33 Å². The molecule has 1 aliphatic heterocycles. The number of likely N-dealkylation sites (tertiary alicyclic amines) is 1. The number of alkyl halides is 2. The van der Waals surface area contributed by atoms with Gasteiger partial charge in [-0.3, -0.25) is 14.2 Å². The second kappa shape index (κ2) is 5.91. The molecule has 4 rings (SSSR count). The highest BCUT2D eigenvalue weighted by Crippen LogP contribution is 2.26. The minimum Gasteiger partial charge on any atom is -0.329 e. The van der Waals surface area contributed by atoms with Crippen LogP contribution in [-0.4, -0.2) is 43.9 Å². The molecule has 6 nitrogen and oxygen atoms in total. The first-order valence-corrected chi connectivity index (χ1v) is 8.20. The molecule has 3 aromatic rings. The first-order valence-electron chi connectivity index (χ1n) is 7.82. The number of carbonyl (C=O) groups excluding carboxylic acids is 1. The molecule has 0 N–H and O–H groups in total. The van der Waals surface area contributed by atoms with Gasteiger partial charge < -0.3 is 9.47 Å². The summed E-state index contributed by atoms with van der Waals surface area (Å²) in [6, 6.07) is 8.60. The molecule has 2 aromatic heterocycles. The number of halogens is 3. The zero-order valence-electron chi connectivity index (χ0n) is 13.4. The molecule has 1 saturated heterocycles. The van der Waals surface area contributed by atoms with Gasteiger partial charge in [0, 0.05) is 16.9 Å². The van der Waals surface area contributed by atoms with E-state index in [9.17, 15) is 18.4 Å². The molecule has 26 heavy (non-hydrogen) atoms. The zero-order valence-corrected chi connectivity index (χ0v) is 14.2. The zero-order chi connectivity index (χ0) is 18.5. The molecule has 0 saturated carbocycles. The molecule has 3 heterocycles. The van der Waals surface area contributed by atoms with Crippen LogP contribution >= 0.6 is 11.6 Å². The summed E-state index contributed by atoms with van der Waals surface area (Å²) in [7, 11) is 0. The van der Waals surface area contributed by atoms with Crippen LogP contribution in [0.25, 0.3) is 16.7 Å². The fourth-order valence-electron chi connectivity index (χ4n) is 2.92. The van der Waals surface area contributed by atoms with Crippen LogP contribution in [-0.2, 0) is 11.3 Å². The van der Waals surface area contributed by atoms with Gasteiger partial charge in [0.05, 0.1) is 24.9 Å². The molecule has 0 spiro atoms. The highest BCUT2D eigenvalue weighted by molar-refractivity contribution is 6.30. The van der Waals surface area contributed by atoms with Gasteiger partial charge in [-0.2, -0.15) is 0 Å². The third kappa shape index (κ3) is 2.86. The van der Waals surface area contributed by atoms with E-state index in [0.717, 1.165) is 15.2 Å². The van der Waals surface area contributed by atoms with Crippen molar-refractivity contribution in [2.75, 3.05) is 13.1 Å². The van der Waals surface area contributed by atoms with E-state index in [-0.39, 0.29) is 6.54 Å². The lowest BCUT2D eigenvalue weighted by Crippen LogP contribution is -2.59. The third-order valence-electron chi connectivity index (χ3n) is 4.27. The van der Waals surface area contributed by atoms with Crippen LogP contribution in [0.1, 0.15) is 0 Å². The third-order valence-corrected chi connectivity index (χ3v) is 4.52. The number of aromatic nitrogens is 3. The first-order chi connectivity index (χ1) is 12.3. The first kappa shape index (κ1) is 16.7. The number of fused-ring (bicyclic) bond motifs is 1. The predicted molar refractivity (Wildman–Crippen MR) is 91.9 cm³/mol. The fraction of sp³-hybridized carbons (Fsp3) is 0.235. The van der Waals surface area contributed by atoms with Gasteiger partial charge >= 0.3 is 0 Å². The van der Waals surface area contributed by atoms with Crippen molar-refractivity contribution in [3.8, 4) is 5.69 Å². The summed E-state index contributed by atoms with van der Waals surface area (Å²) in [5, 5.41) is 0.567. The van der Waals surface area contributed by atoms with Crippen molar-refractivity contribution in [3.63, 3.8) is 0 Å². The summed E-state index contributed by atoms with van der Waals surface area (Å²) in [5.41, 5.74) is 1.08. The van der Waals surface area contributed by atoms with E-state index in [2.05, 4.69) is 4.98 Å². The van der Waals surface area contributed by atoms with Gasteiger partial charge in [0.15, 0.2) is 0 Å². The fourth-order valence-corrected chi connectivity index (χ4v) is 3.05. The van der Waals surface area contributed by atoms with Gasteiger partial charge in [-0.05, 0) is 30.3 Å². The molecule has 0 unspecified atom stereocenters. The Kier molecular flexibility index (Phi) is 3.80. The number of nitrogens with zero attached hydrogens (tertiary/aromatic N) is 4. The van der Waals surface area contributed by atoms with Gasteiger partial charge in [0.2, 0.25) is 5.91 Å². The van der Waals surface area contributed by atoms with Gasteiger partial charge in [0.1, 0.15) is 12.1 Å². The average molecular weight is 379 g/mol. The lowest BCUT2D eigenvalue weighted by molar-refractivity contribution is -0.166. The number of rotatable bonds is 3. The summed E-state index contributed by atoms with van der Waals surface area (Å²) >= 11 is 5.89. The molecule has 1 fully saturated rings. The van der Waals surface area contributed by atoms with E-state index in [4.69, 9.17) is 11.6 Å². The SMILES string of the molecule is O=C(Cn1cnc2ccn(-c3ccc(Cl)cc3)c2c1=O)N1CC(F)(F)C1. The van der Waals surface area contributed by atoms with E-state index in [1.807, 2.05) is 0 Å². The number of hydrogen-bond acceptors (Lipinski definition) is 3. The lowest BCUT2D eigenvalue weighted by atomic mass is 10.1. The van der Waals surface area contributed by atoms with E-state index >= 15 is 0 Å². The Labute approximate surface area is 151 Å². The average Bonchev–Trinajstić information content (AvgIpc) is 3.00. The maximum Gasteiger partial charge on any atom is 0.282 e. The Balaban J connectivity index is 1.68.